The van der Waals surface area contributed by atoms with Gasteiger partial charge in [-0.3, -0.25) is 0 Å². The minimum Gasteiger partial charge on any atom is -0.392 e. The van der Waals surface area contributed by atoms with Gasteiger partial charge in [-0.2, -0.15) is 0 Å². The van der Waals surface area contributed by atoms with Gasteiger partial charge in [0.25, 0.3) is 0 Å². The Balaban J connectivity index is 3.13. The fourth-order valence-corrected chi connectivity index (χ4v) is 0.994. The van der Waals surface area contributed by atoms with E-state index in [1.807, 2.05) is 6.92 Å². The number of ether oxygens (including phenoxy) is 1. The number of nitrogens with one attached hydrogen (secondary N) is 1. The first kappa shape index (κ1) is 13.9. The molecule has 0 aromatic heterocycles. The van der Waals surface area contributed by atoms with Crippen LogP contribution in [0, 0.1) is 5.92 Å². The molecule has 2 unspecified atom stereocenters. The van der Waals surface area contributed by atoms with Gasteiger partial charge in [-0.1, -0.05) is 13.8 Å². The molecular weight excluding hydrogens is 178 g/mol. The molecule has 0 radical (unpaired) electrons. The third-order valence-corrected chi connectivity index (χ3v) is 2.11. The summed E-state index contributed by atoms with van der Waals surface area (Å²) < 4.78 is 5.43. The summed E-state index contributed by atoms with van der Waals surface area (Å²) >= 11 is 0. The number of rotatable bonds is 8. The first-order valence-corrected chi connectivity index (χ1v) is 5.53. The molecule has 2 atom stereocenters. The summed E-state index contributed by atoms with van der Waals surface area (Å²) in [6, 6.07) is 0.167. The largest absolute Gasteiger partial charge is 0.392 e. The molecule has 0 spiro atoms. The summed E-state index contributed by atoms with van der Waals surface area (Å²) in [5.74, 6) is 0.611. The van der Waals surface area contributed by atoms with Gasteiger partial charge >= 0.3 is 0 Å². The van der Waals surface area contributed by atoms with Crippen LogP contribution in [0.5, 0.6) is 0 Å². The Hall–Kier alpha value is -0.120. The van der Waals surface area contributed by atoms with Crippen molar-refractivity contribution in [1.29, 1.82) is 0 Å². The molecule has 0 fully saturated rings. The lowest BCUT2D eigenvalue weighted by Gasteiger charge is -2.16. The average molecular weight is 203 g/mol. The van der Waals surface area contributed by atoms with E-state index in [4.69, 9.17) is 4.74 Å². The Morgan fingerprint density at radius 3 is 2.36 bits per heavy atom. The molecule has 0 saturated carbocycles. The lowest BCUT2D eigenvalue weighted by atomic mass is 10.2. The predicted octanol–water partition coefficient (Wildman–Crippen LogP) is 1.41. The van der Waals surface area contributed by atoms with E-state index >= 15 is 0 Å². The van der Waals surface area contributed by atoms with E-state index in [0.29, 0.717) is 5.92 Å². The average Bonchev–Trinajstić information content (AvgIpc) is 2.09. The second-order valence-electron chi connectivity index (χ2n) is 4.31. The van der Waals surface area contributed by atoms with Gasteiger partial charge in [0.1, 0.15) is 0 Å². The van der Waals surface area contributed by atoms with Crippen molar-refractivity contribution < 1.29 is 9.84 Å². The molecule has 14 heavy (non-hydrogen) atoms. The van der Waals surface area contributed by atoms with Gasteiger partial charge in [-0.05, 0) is 32.7 Å². The van der Waals surface area contributed by atoms with Gasteiger partial charge in [0.05, 0.1) is 6.10 Å². The van der Waals surface area contributed by atoms with E-state index in [-0.39, 0.29) is 12.1 Å². The molecule has 0 aliphatic rings. The highest BCUT2D eigenvalue weighted by molar-refractivity contribution is 4.65. The van der Waals surface area contributed by atoms with Gasteiger partial charge in [0.15, 0.2) is 0 Å². The molecule has 0 rings (SSSR count). The molecule has 2 N–H and O–H groups in total. The van der Waals surface area contributed by atoms with Crippen molar-refractivity contribution in [2.24, 2.45) is 5.92 Å². The second-order valence-corrected chi connectivity index (χ2v) is 4.31. The van der Waals surface area contributed by atoms with Gasteiger partial charge < -0.3 is 15.2 Å². The van der Waals surface area contributed by atoms with Crippen LogP contribution in [0.2, 0.25) is 0 Å². The number of hydrogen-bond acceptors (Lipinski definition) is 3. The predicted molar refractivity (Wildman–Crippen MR) is 59.4 cm³/mol. The van der Waals surface area contributed by atoms with Crippen molar-refractivity contribution in [3.63, 3.8) is 0 Å². The van der Waals surface area contributed by atoms with Crippen LogP contribution in [0.4, 0.5) is 0 Å². The summed E-state index contributed by atoms with van der Waals surface area (Å²) in [5, 5.41) is 12.4. The van der Waals surface area contributed by atoms with E-state index in [9.17, 15) is 5.11 Å². The van der Waals surface area contributed by atoms with Gasteiger partial charge in [-0.25, -0.2) is 0 Å². The highest BCUT2D eigenvalue weighted by Gasteiger charge is 2.06. The maximum absolute atomic E-state index is 9.20. The highest BCUT2D eigenvalue weighted by atomic mass is 16.5. The van der Waals surface area contributed by atoms with Crippen LogP contribution in [0.15, 0.2) is 0 Å². The molecule has 0 aliphatic carbocycles. The second kappa shape index (κ2) is 8.21. The van der Waals surface area contributed by atoms with E-state index in [2.05, 4.69) is 19.2 Å². The summed E-state index contributed by atoms with van der Waals surface area (Å²) in [6.45, 7) is 10.6. The number of aliphatic hydroxyl groups is 1. The van der Waals surface area contributed by atoms with Crippen molar-refractivity contribution in [2.45, 2.75) is 46.3 Å². The zero-order chi connectivity index (χ0) is 11.0. The molecule has 0 bridgehead atoms. The molecule has 0 saturated heterocycles. The summed E-state index contributed by atoms with van der Waals surface area (Å²) in [4.78, 5) is 0. The molecule has 0 aromatic carbocycles. The number of aliphatic hydroxyl groups excluding tert-OH is 1. The van der Waals surface area contributed by atoms with Gasteiger partial charge in [-0.15, -0.1) is 0 Å². The minimum absolute atomic E-state index is 0.167. The molecule has 86 valence electrons. The normalized spacial score (nSPS) is 15.9. The maximum atomic E-state index is 9.20. The quantitative estimate of drug-likeness (QED) is 0.586. The highest BCUT2D eigenvalue weighted by Crippen LogP contribution is 1.94. The molecule has 3 heteroatoms. The lowest BCUT2D eigenvalue weighted by Crippen LogP contribution is -2.36. The first-order chi connectivity index (χ1) is 6.54. The van der Waals surface area contributed by atoms with Crippen LogP contribution in [0.3, 0.4) is 0 Å². The van der Waals surface area contributed by atoms with Crippen molar-refractivity contribution in [3.8, 4) is 0 Å². The van der Waals surface area contributed by atoms with Crippen LogP contribution in [0.1, 0.15) is 34.1 Å². The fraction of sp³-hybridized carbons (Fsp3) is 1.00. The van der Waals surface area contributed by atoms with E-state index < -0.39 is 0 Å². The molecule has 0 aliphatic heterocycles. The van der Waals surface area contributed by atoms with Crippen LogP contribution >= 0.6 is 0 Å². The summed E-state index contributed by atoms with van der Waals surface area (Å²) in [7, 11) is 0. The fourth-order valence-electron chi connectivity index (χ4n) is 0.994. The maximum Gasteiger partial charge on any atom is 0.0662 e. The summed E-state index contributed by atoms with van der Waals surface area (Å²) in [6.07, 6.45) is 0.718. The van der Waals surface area contributed by atoms with Crippen molar-refractivity contribution >= 4 is 0 Å². The number of hydrogen-bond donors (Lipinski definition) is 2. The Morgan fingerprint density at radius 2 is 1.86 bits per heavy atom. The monoisotopic (exact) mass is 203 g/mol. The van der Waals surface area contributed by atoms with Crippen LogP contribution in [-0.2, 0) is 4.74 Å². The first-order valence-electron chi connectivity index (χ1n) is 5.53. The molecular formula is C11H25NO2. The van der Waals surface area contributed by atoms with Crippen LogP contribution in [-0.4, -0.2) is 37.0 Å². The van der Waals surface area contributed by atoms with Crippen LogP contribution in [0.25, 0.3) is 0 Å². The Morgan fingerprint density at radius 1 is 1.21 bits per heavy atom. The smallest absolute Gasteiger partial charge is 0.0662 e. The van der Waals surface area contributed by atoms with Gasteiger partial charge in [0, 0.05) is 19.3 Å². The minimum atomic E-state index is -0.286. The van der Waals surface area contributed by atoms with Crippen molar-refractivity contribution in [1.82, 2.24) is 5.32 Å². The van der Waals surface area contributed by atoms with Crippen LogP contribution < -0.4 is 5.32 Å². The van der Waals surface area contributed by atoms with Crippen molar-refractivity contribution in [2.75, 3.05) is 19.8 Å². The van der Waals surface area contributed by atoms with Gasteiger partial charge in [0.2, 0.25) is 0 Å². The Labute approximate surface area is 87.8 Å². The van der Waals surface area contributed by atoms with E-state index in [0.717, 1.165) is 26.2 Å². The molecule has 0 aromatic rings. The molecule has 3 nitrogen and oxygen atoms in total. The molecule has 0 heterocycles. The van der Waals surface area contributed by atoms with Crippen molar-refractivity contribution in [3.05, 3.63) is 0 Å². The third-order valence-electron chi connectivity index (χ3n) is 2.11. The third kappa shape index (κ3) is 8.48. The van der Waals surface area contributed by atoms with E-state index in [1.54, 1.807) is 6.92 Å². The zero-order valence-electron chi connectivity index (χ0n) is 9.92. The summed E-state index contributed by atoms with van der Waals surface area (Å²) in [5.41, 5.74) is 0. The Bertz CT molecular complexity index is 126. The van der Waals surface area contributed by atoms with E-state index in [1.165, 1.54) is 0 Å². The SMILES string of the molecule is CC(C)COCCCNC(C)C(C)O. The zero-order valence-corrected chi connectivity index (χ0v) is 9.92. The molecule has 0 amide bonds. The Kier molecular flexibility index (Phi) is 8.14. The standard InChI is InChI=1S/C11H25NO2/c1-9(2)8-14-7-5-6-12-10(3)11(4)13/h9-13H,5-8H2,1-4H3. The lowest BCUT2D eigenvalue weighted by molar-refractivity contribution is 0.104. The topological polar surface area (TPSA) is 41.5 Å².